The van der Waals surface area contributed by atoms with Crippen molar-refractivity contribution in [3.8, 4) is 5.75 Å². The molecule has 1 aromatic carbocycles. The highest BCUT2D eigenvalue weighted by atomic mass is 32.2. The van der Waals surface area contributed by atoms with Crippen LogP contribution in [0.4, 0.5) is 5.69 Å². The largest absolute Gasteiger partial charge is 0.505 e. The van der Waals surface area contributed by atoms with Crippen molar-refractivity contribution < 1.29 is 23.1 Å². The number of nitrogens with zero attached hydrogens (tertiary/aromatic N) is 2. The number of benzene rings is 1. The molecule has 0 bridgehead atoms. The van der Waals surface area contributed by atoms with Gasteiger partial charge in [0.05, 0.1) is 29.3 Å². The molecule has 1 unspecified atom stereocenters. The van der Waals surface area contributed by atoms with Crippen LogP contribution in [0.5, 0.6) is 5.75 Å². The molecule has 1 heterocycles. The zero-order valence-electron chi connectivity index (χ0n) is 16.5. The maximum absolute atomic E-state index is 12.2. The highest BCUT2D eigenvalue weighted by molar-refractivity contribution is 7.88. The van der Waals surface area contributed by atoms with E-state index in [-0.39, 0.29) is 34.6 Å². The SMILES string of the molecule is C=C(NCC1CC=C(C)O1)/C(=N\S(N)(=O)=O)Nc1cccc(C(=O)N(C)C)c1O. The van der Waals surface area contributed by atoms with Gasteiger partial charge in [0.25, 0.3) is 5.91 Å². The molecule has 29 heavy (non-hydrogen) atoms. The summed E-state index contributed by atoms with van der Waals surface area (Å²) in [6, 6.07) is 4.44. The molecule has 5 N–H and O–H groups in total. The second-order valence-electron chi connectivity index (χ2n) is 6.63. The number of anilines is 1. The Hall–Kier alpha value is -3.05. The minimum absolute atomic E-state index is 0.0365. The molecule has 0 fully saturated rings. The molecule has 1 aromatic rings. The molecule has 0 radical (unpaired) electrons. The fourth-order valence-corrected chi connectivity index (χ4v) is 2.98. The first kappa shape index (κ1) is 22.2. The van der Waals surface area contributed by atoms with Crippen LogP contribution in [0.3, 0.4) is 0 Å². The van der Waals surface area contributed by atoms with E-state index in [1.165, 1.54) is 23.1 Å². The molecule has 1 aliphatic heterocycles. The quantitative estimate of drug-likeness (QED) is 0.289. The fourth-order valence-electron chi connectivity index (χ4n) is 2.57. The van der Waals surface area contributed by atoms with E-state index in [4.69, 9.17) is 9.88 Å². The van der Waals surface area contributed by atoms with Crippen molar-refractivity contribution in [2.45, 2.75) is 19.4 Å². The van der Waals surface area contributed by atoms with Crippen LogP contribution in [0.1, 0.15) is 23.7 Å². The average molecular weight is 423 g/mol. The lowest BCUT2D eigenvalue weighted by atomic mass is 10.1. The second-order valence-corrected chi connectivity index (χ2v) is 7.84. The summed E-state index contributed by atoms with van der Waals surface area (Å²) in [6.45, 7) is 5.97. The highest BCUT2D eigenvalue weighted by Crippen LogP contribution is 2.28. The Morgan fingerprint density at radius 2 is 2.14 bits per heavy atom. The minimum Gasteiger partial charge on any atom is -0.505 e. The number of carbonyl (C=O) groups excluding carboxylic acids is 1. The highest BCUT2D eigenvalue weighted by Gasteiger charge is 2.20. The zero-order valence-corrected chi connectivity index (χ0v) is 17.3. The van der Waals surface area contributed by atoms with Crippen molar-refractivity contribution in [1.82, 2.24) is 10.2 Å². The molecule has 1 amide bonds. The number of nitrogens with one attached hydrogen (secondary N) is 2. The Labute approximate surface area is 169 Å². The van der Waals surface area contributed by atoms with Crippen LogP contribution < -0.4 is 15.8 Å². The Bertz CT molecular complexity index is 969. The van der Waals surface area contributed by atoms with E-state index in [2.05, 4.69) is 21.6 Å². The Kier molecular flexibility index (Phi) is 6.88. The van der Waals surface area contributed by atoms with Gasteiger partial charge in [0, 0.05) is 20.5 Å². The Balaban J connectivity index is 2.24. The van der Waals surface area contributed by atoms with Gasteiger partial charge in [-0.1, -0.05) is 12.6 Å². The van der Waals surface area contributed by atoms with Gasteiger partial charge in [-0.3, -0.25) is 4.79 Å². The van der Waals surface area contributed by atoms with Crippen LogP contribution in [-0.4, -0.2) is 56.9 Å². The first-order valence-electron chi connectivity index (χ1n) is 8.68. The number of amides is 1. The normalized spacial score (nSPS) is 16.6. The van der Waals surface area contributed by atoms with Crippen molar-refractivity contribution >= 4 is 27.6 Å². The van der Waals surface area contributed by atoms with Crippen molar-refractivity contribution in [3.63, 3.8) is 0 Å². The number of aromatic hydroxyl groups is 1. The van der Waals surface area contributed by atoms with Gasteiger partial charge in [-0.15, -0.1) is 4.40 Å². The summed E-state index contributed by atoms with van der Waals surface area (Å²) in [6.07, 6.45) is 2.52. The number of hydrogen-bond acceptors (Lipinski definition) is 6. The number of phenolic OH excluding ortho intramolecular Hbond substituents is 1. The van der Waals surface area contributed by atoms with E-state index in [1.54, 1.807) is 14.1 Å². The Morgan fingerprint density at radius 1 is 1.45 bits per heavy atom. The third-order valence-electron chi connectivity index (χ3n) is 3.99. The molecule has 10 nitrogen and oxygen atoms in total. The number of ether oxygens (including phenoxy) is 1. The number of rotatable bonds is 7. The van der Waals surface area contributed by atoms with Crippen LogP contribution in [0.15, 0.2) is 46.7 Å². The number of phenols is 1. The molecule has 0 saturated heterocycles. The van der Waals surface area contributed by atoms with Crippen molar-refractivity contribution in [2.75, 3.05) is 26.0 Å². The van der Waals surface area contributed by atoms with Gasteiger partial charge in [0.1, 0.15) is 6.10 Å². The number of hydrogen-bond donors (Lipinski definition) is 4. The van der Waals surface area contributed by atoms with Crippen molar-refractivity contribution in [2.24, 2.45) is 9.54 Å². The second kappa shape index (κ2) is 8.97. The van der Waals surface area contributed by atoms with E-state index in [0.717, 1.165) is 5.76 Å². The van der Waals surface area contributed by atoms with Crippen LogP contribution in [0, 0.1) is 0 Å². The van der Waals surface area contributed by atoms with Gasteiger partial charge in [0.2, 0.25) is 0 Å². The van der Waals surface area contributed by atoms with Gasteiger partial charge in [-0.05, 0) is 25.1 Å². The van der Waals surface area contributed by atoms with Gasteiger partial charge >= 0.3 is 10.2 Å². The van der Waals surface area contributed by atoms with Gasteiger partial charge in [-0.2, -0.15) is 8.42 Å². The first-order valence-corrected chi connectivity index (χ1v) is 10.2. The van der Waals surface area contributed by atoms with Gasteiger partial charge < -0.3 is 25.4 Å². The number of allylic oxidation sites excluding steroid dienone is 1. The Morgan fingerprint density at radius 3 is 2.69 bits per heavy atom. The number of amidine groups is 1. The predicted octanol–water partition coefficient (Wildman–Crippen LogP) is 0.904. The molecule has 11 heteroatoms. The summed E-state index contributed by atoms with van der Waals surface area (Å²) in [5, 5.41) is 21.1. The maximum Gasteiger partial charge on any atom is 0.319 e. The van der Waals surface area contributed by atoms with E-state index in [1.807, 2.05) is 13.0 Å². The van der Waals surface area contributed by atoms with Crippen LogP contribution in [0.25, 0.3) is 0 Å². The third kappa shape index (κ3) is 6.22. The number of nitrogens with two attached hydrogens (primary N) is 1. The van der Waals surface area contributed by atoms with Crippen LogP contribution >= 0.6 is 0 Å². The molecular weight excluding hydrogens is 398 g/mol. The molecule has 0 saturated carbocycles. The standard InChI is InChI=1S/C18H25N5O5S/c1-11-8-9-13(28-11)10-20-12(2)17(22-29(19,26)27)21-15-7-5-6-14(16(15)24)18(25)23(3)4/h5-8,13,20,24H,2,9-10H2,1,3-4H3,(H,21,22)(H2,19,26,27). The monoisotopic (exact) mass is 423 g/mol. The zero-order chi connectivity index (χ0) is 21.8. The molecule has 0 spiro atoms. The minimum atomic E-state index is -4.26. The maximum atomic E-state index is 12.2. The molecule has 158 valence electrons. The molecule has 0 aliphatic carbocycles. The van der Waals surface area contributed by atoms with Crippen LogP contribution in [0.2, 0.25) is 0 Å². The summed E-state index contributed by atoms with van der Waals surface area (Å²) < 4.78 is 32.0. The van der Waals surface area contributed by atoms with Crippen LogP contribution in [-0.2, 0) is 14.9 Å². The fraction of sp³-hybridized carbons (Fsp3) is 0.333. The van der Waals surface area contributed by atoms with E-state index in [0.29, 0.717) is 13.0 Å². The lowest BCUT2D eigenvalue weighted by molar-refractivity contribution is 0.0824. The first-order chi connectivity index (χ1) is 13.5. The molecule has 1 aliphatic rings. The average Bonchev–Trinajstić information content (AvgIpc) is 3.04. The number of para-hydroxylation sites is 1. The lowest BCUT2D eigenvalue weighted by Crippen LogP contribution is -2.32. The van der Waals surface area contributed by atoms with E-state index >= 15 is 0 Å². The molecule has 0 aromatic heterocycles. The number of carbonyl (C=O) groups is 1. The van der Waals surface area contributed by atoms with Gasteiger partial charge in [-0.25, -0.2) is 5.14 Å². The third-order valence-corrected chi connectivity index (χ3v) is 4.43. The summed E-state index contributed by atoms with van der Waals surface area (Å²) in [5.41, 5.74) is 0.225. The lowest BCUT2D eigenvalue weighted by Gasteiger charge is -2.19. The predicted molar refractivity (Wildman–Crippen MR) is 111 cm³/mol. The topological polar surface area (TPSA) is 146 Å². The van der Waals surface area contributed by atoms with Crippen molar-refractivity contribution in [1.29, 1.82) is 0 Å². The summed E-state index contributed by atoms with van der Waals surface area (Å²) >= 11 is 0. The summed E-state index contributed by atoms with van der Waals surface area (Å²) in [7, 11) is -1.17. The van der Waals surface area contributed by atoms with Crippen molar-refractivity contribution in [3.05, 3.63) is 47.9 Å². The summed E-state index contributed by atoms with van der Waals surface area (Å²) in [5.74, 6) is -0.194. The summed E-state index contributed by atoms with van der Waals surface area (Å²) in [4.78, 5) is 13.5. The molecule has 1 atom stereocenters. The molecular formula is C18H25N5O5S. The van der Waals surface area contributed by atoms with E-state index in [9.17, 15) is 18.3 Å². The van der Waals surface area contributed by atoms with E-state index < -0.39 is 16.1 Å². The molecule has 2 rings (SSSR count). The smallest absolute Gasteiger partial charge is 0.319 e. The van der Waals surface area contributed by atoms with Gasteiger partial charge in [0.15, 0.2) is 11.6 Å².